The Morgan fingerprint density at radius 3 is 2.47 bits per heavy atom. The maximum atomic E-state index is 8.81. The summed E-state index contributed by atoms with van der Waals surface area (Å²) in [6.07, 6.45) is 4.32. The SMILES string of the molecule is COCCCCNCCCC(C)(C)C#N. The van der Waals surface area contributed by atoms with Gasteiger partial charge in [-0.15, -0.1) is 0 Å². The van der Waals surface area contributed by atoms with E-state index in [1.54, 1.807) is 7.11 Å². The van der Waals surface area contributed by atoms with E-state index in [1.165, 1.54) is 0 Å². The van der Waals surface area contributed by atoms with Gasteiger partial charge in [0.05, 0.1) is 11.5 Å². The number of ether oxygens (including phenoxy) is 1. The predicted octanol–water partition coefficient (Wildman–Crippen LogP) is 2.33. The second-order valence-corrected chi connectivity index (χ2v) is 4.55. The minimum absolute atomic E-state index is 0.169. The summed E-state index contributed by atoms with van der Waals surface area (Å²) in [4.78, 5) is 0. The molecule has 0 aliphatic rings. The highest BCUT2D eigenvalue weighted by molar-refractivity contribution is 4.91. The topological polar surface area (TPSA) is 45.0 Å². The van der Waals surface area contributed by atoms with Crippen LogP contribution in [-0.2, 0) is 4.74 Å². The van der Waals surface area contributed by atoms with Crippen molar-refractivity contribution in [2.75, 3.05) is 26.8 Å². The molecule has 0 aliphatic carbocycles. The summed E-state index contributed by atoms with van der Waals surface area (Å²) in [5.41, 5.74) is -0.169. The monoisotopic (exact) mass is 212 g/mol. The van der Waals surface area contributed by atoms with Gasteiger partial charge in [-0.2, -0.15) is 5.26 Å². The van der Waals surface area contributed by atoms with Crippen LogP contribution < -0.4 is 5.32 Å². The summed E-state index contributed by atoms with van der Waals surface area (Å²) in [5, 5.41) is 12.2. The molecule has 3 nitrogen and oxygen atoms in total. The average molecular weight is 212 g/mol. The van der Waals surface area contributed by atoms with Gasteiger partial charge < -0.3 is 10.1 Å². The third-order valence-corrected chi connectivity index (χ3v) is 2.41. The molecule has 0 aromatic heterocycles. The zero-order chi connectivity index (χ0) is 11.6. The predicted molar refractivity (Wildman–Crippen MR) is 62.6 cm³/mol. The molecule has 0 aliphatic heterocycles. The quantitative estimate of drug-likeness (QED) is 0.597. The Bertz CT molecular complexity index is 185. The number of hydrogen-bond acceptors (Lipinski definition) is 3. The van der Waals surface area contributed by atoms with Gasteiger partial charge in [0.15, 0.2) is 0 Å². The number of hydrogen-bond donors (Lipinski definition) is 1. The van der Waals surface area contributed by atoms with Gasteiger partial charge in [-0.05, 0) is 52.6 Å². The van der Waals surface area contributed by atoms with Crippen molar-refractivity contribution in [1.82, 2.24) is 5.32 Å². The maximum absolute atomic E-state index is 8.81. The van der Waals surface area contributed by atoms with E-state index in [0.29, 0.717) is 0 Å². The third kappa shape index (κ3) is 9.71. The van der Waals surface area contributed by atoms with E-state index in [-0.39, 0.29) is 5.41 Å². The van der Waals surface area contributed by atoms with Crippen molar-refractivity contribution < 1.29 is 4.74 Å². The number of nitrogens with one attached hydrogen (secondary N) is 1. The van der Waals surface area contributed by atoms with E-state index in [1.807, 2.05) is 13.8 Å². The smallest absolute Gasteiger partial charge is 0.0683 e. The highest BCUT2D eigenvalue weighted by Gasteiger charge is 2.14. The van der Waals surface area contributed by atoms with Crippen LogP contribution in [0.3, 0.4) is 0 Å². The Hall–Kier alpha value is -0.590. The molecule has 0 rings (SSSR count). The van der Waals surface area contributed by atoms with Crippen LogP contribution in [0, 0.1) is 16.7 Å². The van der Waals surface area contributed by atoms with Gasteiger partial charge in [0.25, 0.3) is 0 Å². The largest absolute Gasteiger partial charge is 0.385 e. The number of methoxy groups -OCH3 is 1. The van der Waals surface area contributed by atoms with Gasteiger partial charge in [0, 0.05) is 13.7 Å². The summed E-state index contributed by atoms with van der Waals surface area (Å²) in [6.45, 7) is 6.90. The molecule has 0 fully saturated rings. The fourth-order valence-corrected chi connectivity index (χ4v) is 1.33. The fourth-order valence-electron chi connectivity index (χ4n) is 1.33. The van der Waals surface area contributed by atoms with Crippen molar-refractivity contribution in [3.05, 3.63) is 0 Å². The molecule has 15 heavy (non-hydrogen) atoms. The van der Waals surface area contributed by atoms with Crippen LogP contribution in [0.2, 0.25) is 0 Å². The molecule has 0 unspecified atom stereocenters. The van der Waals surface area contributed by atoms with E-state index < -0.39 is 0 Å². The van der Waals surface area contributed by atoms with Crippen LogP contribution in [0.1, 0.15) is 39.5 Å². The molecule has 0 atom stereocenters. The molecule has 0 amide bonds. The van der Waals surface area contributed by atoms with Crippen LogP contribution in [0.25, 0.3) is 0 Å². The van der Waals surface area contributed by atoms with Crippen LogP contribution in [0.5, 0.6) is 0 Å². The van der Waals surface area contributed by atoms with Gasteiger partial charge in [0.1, 0.15) is 0 Å². The first kappa shape index (κ1) is 14.4. The summed E-state index contributed by atoms with van der Waals surface area (Å²) >= 11 is 0. The van der Waals surface area contributed by atoms with Crippen molar-refractivity contribution in [3.8, 4) is 6.07 Å². The Kier molecular flexibility index (Phi) is 8.35. The van der Waals surface area contributed by atoms with Gasteiger partial charge in [-0.3, -0.25) is 0 Å². The van der Waals surface area contributed by atoms with E-state index in [9.17, 15) is 0 Å². The summed E-state index contributed by atoms with van der Waals surface area (Å²) in [6, 6.07) is 2.32. The molecule has 0 heterocycles. The Labute approximate surface area is 93.8 Å². The lowest BCUT2D eigenvalue weighted by molar-refractivity contribution is 0.192. The van der Waals surface area contributed by atoms with E-state index in [0.717, 1.165) is 45.4 Å². The number of rotatable bonds is 9. The fraction of sp³-hybridized carbons (Fsp3) is 0.917. The minimum Gasteiger partial charge on any atom is -0.385 e. The lowest BCUT2D eigenvalue weighted by Crippen LogP contribution is -2.19. The molecule has 1 N–H and O–H groups in total. The highest BCUT2D eigenvalue weighted by Crippen LogP contribution is 2.19. The molecule has 0 saturated carbocycles. The highest BCUT2D eigenvalue weighted by atomic mass is 16.5. The van der Waals surface area contributed by atoms with E-state index in [2.05, 4.69) is 11.4 Å². The molecule has 0 bridgehead atoms. The first-order chi connectivity index (χ1) is 7.12. The van der Waals surface area contributed by atoms with E-state index >= 15 is 0 Å². The first-order valence-electron chi connectivity index (χ1n) is 5.73. The summed E-state index contributed by atoms with van der Waals surface area (Å²) < 4.78 is 4.96. The van der Waals surface area contributed by atoms with E-state index in [4.69, 9.17) is 10.00 Å². The van der Waals surface area contributed by atoms with Gasteiger partial charge in [-0.1, -0.05) is 0 Å². The standard InChI is InChI=1S/C12H24N2O/c1-12(2,11-13)7-6-9-14-8-4-5-10-15-3/h14H,4-10H2,1-3H3. The molecule has 0 saturated heterocycles. The number of nitriles is 1. The number of nitrogens with zero attached hydrogens (tertiary/aromatic N) is 1. The second kappa shape index (κ2) is 8.70. The zero-order valence-electron chi connectivity index (χ0n) is 10.3. The minimum atomic E-state index is -0.169. The van der Waals surface area contributed by atoms with Crippen LogP contribution in [0.15, 0.2) is 0 Å². The lowest BCUT2D eigenvalue weighted by Gasteiger charge is -2.14. The van der Waals surface area contributed by atoms with Gasteiger partial charge in [-0.25, -0.2) is 0 Å². The van der Waals surface area contributed by atoms with Crippen LogP contribution in [-0.4, -0.2) is 26.8 Å². The molecule has 0 radical (unpaired) electrons. The normalized spacial score (nSPS) is 11.3. The van der Waals surface area contributed by atoms with Crippen molar-refractivity contribution >= 4 is 0 Å². The van der Waals surface area contributed by atoms with Crippen LogP contribution in [0.4, 0.5) is 0 Å². The molecule has 88 valence electrons. The Morgan fingerprint density at radius 2 is 1.87 bits per heavy atom. The molecule has 0 spiro atoms. The lowest BCUT2D eigenvalue weighted by atomic mass is 9.90. The zero-order valence-corrected chi connectivity index (χ0v) is 10.3. The first-order valence-corrected chi connectivity index (χ1v) is 5.73. The summed E-state index contributed by atoms with van der Waals surface area (Å²) in [5.74, 6) is 0. The maximum Gasteiger partial charge on any atom is 0.0683 e. The molecular weight excluding hydrogens is 188 g/mol. The van der Waals surface area contributed by atoms with Crippen molar-refractivity contribution in [2.45, 2.75) is 39.5 Å². The third-order valence-electron chi connectivity index (χ3n) is 2.41. The van der Waals surface area contributed by atoms with Gasteiger partial charge in [0.2, 0.25) is 0 Å². The molecular formula is C12H24N2O. The average Bonchev–Trinajstić information content (AvgIpc) is 2.22. The Morgan fingerprint density at radius 1 is 1.20 bits per heavy atom. The van der Waals surface area contributed by atoms with Crippen molar-refractivity contribution in [2.24, 2.45) is 5.41 Å². The van der Waals surface area contributed by atoms with Crippen LogP contribution >= 0.6 is 0 Å². The van der Waals surface area contributed by atoms with Crippen molar-refractivity contribution in [3.63, 3.8) is 0 Å². The second-order valence-electron chi connectivity index (χ2n) is 4.55. The summed E-state index contributed by atoms with van der Waals surface area (Å²) in [7, 11) is 1.73. The Balaban J connectivity index is 3.16. The number of unbranched alkanes of at least 4 members (excludes halogenated alkanes) is 1. The molecule has 3 heteroatoms. The molecule has 0 aromatic carbocycles. The van der Waals surface area contributed by atoms with Gasteiger partial charge >= 0.3 is 0 Å². The molecule has 0 aromatic rings. The van der Waals surface area contributed by atoms with Crippen molar-refractivity contribution in [1.29, 1.82) is 5.26 Å².